The van der Waals surface area contributed by atoms with Crippen molar-refractivity contribution in [3.05, 3.63) is 59.5 Å². The van der Waals surface area contributed by atoms with E-state index in [4.69, 9.17) is 4.42 Å². The molecule has 6 nitrogen and oxygen atoms in total. The Kier molecular flexibility index (Phi) is 4.75. The van der Waals surface area contributed by atoms with Crippen LogP contribution in [-0.2, 0) is 16.6 Å². The Hall–Kier alpha value is -2.22. The van der Waals surface area contributed by atoms with Gasteiger partial charge in [-0.25, -0.2) is 13.4 Å². The first-order valence-corrected chi connectivity index (χ1v) is 10.5. The highest BCUT2D eigenvalue weighted by atomic mass is 32.2. The van der Waals surface area contributed by atoms with Gasteiger partial charge in [-0.15, -0.1) is 0 Å². The normalized spacial score (nSPS) is 16.8. The summed E-state index contributed by atoms with van der Waals surface area (Å²) in [4.78, 5) is 7.10. The number of sulfonamides is 1. The molecule has 2 aromatic carbocycles. The summed E-state index contributed by atoms with van der Waals surface area (Å²) in [6, 6.07) is 13.3. The van der Waals surface area contributed by atoms with Gasteiger partial charge < -0.3 is 4.42 Å². The molecule has 0 saturated carbocycles. The van der Waals surface area contributed by atoms with Crippen molar-refractivity contribution in [1.29, 1.82) is 0 Å². The first kappa shape index (κ1) is 18.2. The van der Waals surface area contributed by atoms with Gasteiger partial charge in [0.25, 0.3) is 0 Å². The van der Waals surface area contributed by atoms with Crippen LogP contribution < -0.4 is 0 Å². The summed E-state index contributed by atoms with van der Waals surface area (Å²) >= 11 is 0. The van der Waals surface area contributed by atoms with E-state index in [1.807, 2.05) is 50.2 Å². The van der Waals surface area contributed by atoms with E-state index in [0.717, 1.165) is 22.2 Å². The lowest BCUT2D eigenvalue weighted by Crippen LogP contribution is -2.48. The Morgan fingerprint density at radius 1 is 1.04 bits per heavy atom. The molecule has 1 saturated heterocycles. The lowest BCUT2D eigenvalue weighted by molar-refractivity contribution is 0.169. The van der Waals surface area contributed by atoms with E-state index in [1.165, 1.54) is 0 Å². The van der Waals surface area contributed by atoms with Gasteiger partial charge in [0.1, 0.15) is 5.52 Å². The van der Waals surface area contributed by atoms with Gasteiger partial charge in [-0.3, -0.25) is 4.90 Å². The van der Waals surface area contributed by atoms with Crippen LogP contribution in [0.1, 0.15) is 17.0 Å². The number of rotatable bonds is 4. The molecule has 0 atom stereocenters. The average molecular weight is 385 g/mol. The van der Waals surface area contributed by atoms with Gasteiger partial charge in [0.15, 0.2) is 5.58 Å². The maximum Gasteiger partial charge on any atom is 0.243 e. The minimum Gasteiger partial charge on any atom is -0.439 e. The quantitative estimate of drug-likeness (QED) is 0.691. The predicted octanol–water partition coefficient (Wildman–Crippen LogP) is 2.95. The van der Waals surface area contributed by atoms with E-state index in [0.29, 0.717) is 43.5 Å². The van der Waals surface area contributed by atoms with Gasteiger partial charge in [0, 0.05) is 26.2 Å². The fourth-order valence-corrected chi connectivity index (χ4v) is 5.16. The van der Waals surface area contributed by atoms with Crippen molar-refractivity contribution in [2.24, 2.45) is 0 Å². The number of nitrogens with zero attached hydrogens (tertiary/aromatic N) is 3. The summed E-state index contributed by atoms with van der Waals surface area (Å²) in [5.41, 5.74) is 3.37. The molecule has 1 aromatic heterocycles. The minimum absolute atomic E-state index is 0.412. The molecule has 0 radical (unpaired) electrons. The molecule has 27 heavy (non-hydrogen) atoms. The summed E-state index contributed by atoms with van der Waals surface area (Å²) < 4.78 is 33.4. The first-order valence-electron chi connectivity index (χ1n) is 9.08. The van der Waals surface area contributed by atoms with Crippen molar-refractivity contribution >= 4 is 21.1 Å². The molecule has 0 aliphatic carbocycles. The number of piperazine rings is 1. The number of aryl methyl sites for hydroxylation is 2. The van der Waals surface area contributed by atoms with E-state index in [1.54, 1.807) is 10.4 Å². The van der Waals surface area contributed by atoms with E-state index >= 15 is 0 Å². The molecule has 0 amide bonds. The Labute approximate surface area is 159 Å². The summed E-state index contributed by atoms with van der Waals surface area (Å²) in [5, 5.41) is 0. The number of benzene rings is 2. The minimum atomic E-state index is -3.46. The van der Waals surface area contributed by atoms with Crippen LogP contribution >= 0.6 is 0 Å². The third kappa shape index (κ3) is 3.63. The van der Waals surface area contributed by atoms with Crippen LogP contribution in [0.4, 0.5) is 0 Å². The van der Waals surface area contributed by atoms with Gasteiger partial charge in [0.2, 0.25) is 15.9 Å². The number of aromatic nitrogens is 1. The molecule has 1 aliphatic heterocycles. The molecule has 0 spiro atoms. The van der Waals surface area contributed by atoms with Crippen molar-refractivity contribution in [1.82, 2.24) is 14.2 Å². The second-order valence-corrected chi connectivity index (χ2v) is 8.93. The molecular weight excluding hydrogens is 362 g/mol. The topological polar surface area (TPSA) is 66.7 Å². The lowest BCUT2D eigenvalue weighted by atomic mass is 10.2. The third-order valence-corrected chi connectivity index (χ3v) is 7.03. The number of fused-ring (bicyclic) bond motifs is 1. The van der Waals surface area contributed by atoms with Crippen LogP contribution in [0.2, 0.25) is 0 Å². The van der Waals surface area contributed by atoms with Crippen LogP contribution in [0.15, 0.2) is 51.8 Å². The number of para-hydroxylation sites is 2. The number of hydrogen-bond donors (Lipinski definition) is 0. The predicted molar refractivity (Wildman–Crippen MR) is 104 cm³/mol. The standard InChI is InChI=1S/C20H23N3O3S/c1-15-7-8-16(2)19(13-15)27(24,25)23-11-9-22(10-12-23)14-20-21-17-5-3-4-6-18(17)26-20/h3-8,13H,9-12,14H2,1-2H3. The third-order valence-electron chi connectivity index (χ3n) is 4.99. The van der Waals surface area contributed by atoms with Crippen LogP contribution in [-0.4, -0.2) is 48.8 Å². The Morgan fingerprint density at radius 3 is 2.52 bits per heavy atom. The fraction of sp³-hybridized carbons (Fsp3) is 0.350. The van der Waals surface area contributed by atoms with E-state index < -0.39 is 10.0 Å². The average Bonchev–Trinajstić information content (AvgIpc) is 3.06. The maximum absolute atomic E-state index is 13.0. The first-order chi connectivity index (χ1) is 12.9. The largest absolute Gasteiger partial charge is 0.439 e. The Morgan fingerprint density at radius 2 is 1.78 bits per heavy atom. The highest BCUT2D eigenvalue weighted by molar-refractivity contribution is 7.89. The molecule has 0 N–H and O–H groups in total. The summed E-state index contributed by atoms with van der Waals surface area (Å²) in [6.45, 7) is 6.59. The van der Waals surface area contributed by atoms with Gasteiger partial charge in [0.05, 0.1) is 11.4 Å². The molecule has 0 bridgehead atoms. The van der Waals surface area contributed by atoms with Crippen molar-refractivity contribution < 1.29 is 12.8 Å². The van der Waals surface area contributed by atoms with Crippen LogP contribution in [0.5, 0.6) is 0 Å². The van der Waals surface area contributed by atoms with Crippen molar-refractivity contribution in [3.63, 3.8) is 0 Å². The zero-order chi connectivity index (χ0) is 19.0. The molecule has 4 rings (SSSR count). The SMILES string of the molecule is Cc1ccc(C)c(S(=O)(=O)N2CCN(Cc3nc4ccccc4o3)CC2)c1. The monoisotopic (exact) mass is 385 g/mol. The molecule has 0 unspecified atom stereocenters. The molecule has 3 aromatic rings. The van der Waals surface area contributed by atoms with E-state index in [-0.39, 0.29) is 0 Å². The van der Waals surface area contributed by atoms with E-state index in [9.17, 15) is 8.42 Å². The van der Waals surface area contributed by atoms with Crippen molar-refractivity contribution in [2.75, 3.05) is 26.2 Å². The molecule has 1 aliphatic rings. The van der Waals surface area contributed by atoms with Crippen molar-refractivity contribution in [3.8, 4) is 0 Å². The molecule has 7 heteroatoms. The van der Waals surface area contributed by atoms with Gasteiger partial charge >= 0.3 is 0 Å². The number of hydrogen-bond acceptors (Lipinski definition) is 5. The molecule has 2 heterocycles. The van der Waals surface area contributed by atoms with E-state index in [2.05, 4.69) is 9.88 Å². The molecular formula is C20H23N3O3S. The van der Waals surface area contributed by atoms with Gasteiger partial charge in [-0.1, -0.05) is 24.3 Å². The van der Waals surface area contributed by atoms with Crippen molar-refractivity contribution in [2.45, 2.75) is 25.3 Å². The van der Waals surface area contributed by atoms with Gasteiger partial charge in [-0.05, 0) is 43.2 Å². The van der Waals surface area contributed by atoms with Crippen LogP contribution in [0, 0.1) is 13.8 Å². The smallest absolute Gasteiger partial charge is 0.243 e. The molecule has 1 fully saturated rings. The molecule has 142 valence electrons. The summed E-state index contributed by atoms with van der Waals surface area (Å²) in [7, 11) is -3.46. The second-order valence-electron chi connectivity index (χ2n) is 7.02. The number of oxazole rings is 1. The highest BCUT2D eigenvalue weighted by Gasteiger charge is 2.30. The summed E-state index contributed by atoms with van der Waals surface area (Å²) in [6.07, 6.45) is 0. The van der Waals surface area contributed by atoms with Gasteiger partial charge in [-0.2, -0.15) is 4.31 Å². The Bertz CT molecular complexity index is 1030. The second kappa shape index (κ2) is 7.07. The lowest BCUT2D eigenvalue weighted by Gasteiger charge is -2.33. The zero-order valence-corrected chi connectivity index (χ0v) is 16.4. The van der Waals surface area contributed by atoms with Crippen LogP contribution in [0.25, 0.3) is 11.1 Å². The Balaban J connectivity index is 1.44. The highest BCUT2D eigenvalue weighted by Crippen LogP contribution is 2.23. The zero-order valence-electron chi connectivity index (χ0n) is 15.6. The maximum atomic E-state index is 13.0. The summed E-state index contributed by atoms with van der Waals surface area (Å²) in [5.74, 6) is 0.669. The fourth-order valence-electron chi connectivity index (χ4n) is 3.43. The van der Waals surface area contributed by atoms with Crippen LogP contribution in [0.3, 0.4) is 0 Å².